The van der Waals surface area contributed by atoms with Crippen LogP contribution in [0.25, 0.3) is 0 Å². The van der Waals surface area contributed by atoms with E-state index in [1.54, 1.807) is 6.07 Å². The van der Waals surface area contributed by atoms with Crippen molar-refractivity contribution in [3.05, 3.63) is 35.1 Å². The van der Waals surface area contributed by atoms with E-state index >= 15 is 0 Å². The first kappa shape index (κ1) is 9.24. The maximum Gasteiger partial charge on any atom is 0.126 e. The second kappa shape index (κ2) is 2.89. The van der Waals surface area contributed by atoms with Crippen molar-refractivity contribution >= 4 is 0 Å². The fourth-order valence-electron chi connectivity index (χ4n) is 1.42. The Bertz CT molecular complexity index is 282. The van der Waals surface area contributed by atoms with Gasteiger partial charge in [0.2, 0.25) is 0 Å². The summed E-state index contributed by atoms with van der Waals surface area (Å²) in [4.78, 5) is 0. The van der Waals surface area contributed by atoms with Gasteiger partial charge in [-0.15, -0.1) is 0 Å². The van der Waals surface area contributed by atoms with Gasteiger partial charge in [-0.2, -0.15) is 0 Å². The van der Waals surface area contributed by atoms with Crippen LogP contribution in [0.1, 0.15) is 31.9 Å². The third-order valence-corrected chi connectivity index (χ3v) is 2.08. The molecule has 0 N–H and O–H groups in total. The first-order valence-corrected chi connectivity index (χ1v) is 4.18. The highest BCUT2D eigenvalue weighted by molar-refractivity contribution is 5.32. The molecule has 0 unspecified atom stereocenters. The standard InChI is InChI=1S/C11H15F/c1-8-9(11(2,3)4)6-5-7-10(8)12/h5-7H,1-4H3. The summed E-state index contributed by atoms with van der Waals surface area (Å²) >= 11 is 0. The quantitative estimate of drug-likeness (QED) is 0.554. The zero-order valence-corrected chi connectivity index (χ0v) is 8.11. The molecule has 0 spiro atoms. The maximum atomic E-state index is 13.1. The molecule has 1 aromatic carbocycles. The lowest BCUT2D eigenvalue weighted by Crippen LogP contribution is -2.13. The van der Waals surface area contributed by atoms with Gasteiger partial charge in [-0.3, -0.25) is 0 Å². The summed E-state index contributed by atoms with van der Waals surface area (Å²) in [5.41, 5.74) is 1.89. The van der Waals surface area contributed by atoms with Crippen LogP contribution in [-0.2, 0) is 5.41 Å². The van der Waals surface area contributed by atoms with Crippen molar-refractivity contribution in [2.75, 3.05) is 0 Å². The Hall–Kier alpha value is -0.850. The van der Waals surface area contributed by atoms with Crippen molar-refractivity contribution in [1.82, 2.24) is 0 Å². The van der Waals surface area contributed by atoms with Crippen LogP contribution < -0.4 is 0 Å². The Morgan fingerprint density at radius 3 is 2.17 bits per heavy atom. The summed E-state index contributed by atoms with van der Waals surface area (Å²) in [6.45, 7) is 8.11. The van der Waals surface area contributed by atoms with Crippen molar-refractivity contribution in [2.24, 2.45) is 0 Å². The SMILES string of the molecule is Cc1c(F)cccc1C(C)(C)C. The van der Waals surface area contributed by atoms with Gasteiger partial charge < -0.3 is 0 Å². The lowest BCUT2D eigenvalue weighted by atomic mass is 9.84. The third-order valence-electron chi connectivity index (χ3n) is 2.08. The van der Waals surface area contributed by atoms with E-state index in [0.717, 1.165) is 11.1 Å². The largest absolute Gasteiger partial charge is 0.207 e. The number of hydrogen-bond acceptors (Lipinski definition) is 0. The van der Waals surface area contributed by atoms with Crippen molar-refractivity contribution < 1.29 is 4.39 Å². The zero-order valence-electron chi connectivity index (χ0n) is 8.11. The molecule has 0 radical (unpaired) electrons. The molecule has 12 heavy (non-hydrogen) atoms. The highest BCUT2D eigenvalue weighted by atomic mass is 19.1. The lowest BCUT2D eigenvalue weighted by Gasteiger charge is -2.21. The molecule has 1 heteroatoms. The first-order valence-electron chi connectivity index (χ1n) is 4.18. The molecule has 1 rings (SSSR count). The van der Waals surface area contributed by atoms with Crippen LogP contribution in [0, 0.1) is 12.7 Å². The van der Waals surface area contributed by atoms with Crippen LogP contribution in [0.5, 0.6) is 0 Å². The summed E-state index contributed by atoms with van der Waals surface area (Å²) in [5.74, 6) is -0.109. The molecule has 1 aromatic rings. The number of benzene rings is 1. The van der Waals surface area contributed by atoms with Gasteiger partial charge in [-0.25, -0.2) is 4.39 Å². The third kappa shape index (κ3) is 1.66. The highest BCUT2D eigenvalue weighted by Gasteiger charge is 2.17. The summed E-state index contributed by atoms with van der Waals surface area (Å²) in [6.07, 6.45) is 0. The molecular formula is C11H15F. The predicted octanol–water partition coefficient (Wildman–Crippen LogP) is 3.43. The maximum absolute atomic E-state index is 13.1. The Kier molecular flexibility index (Phi) is 2.22. The molecule has 0 aliphatic heterocycles. The first-order chi connectivity index (χ1) is 5.43. The van der Waals surface area contributed by atoms with Gasteiger partial charge in [0, 0.05) is 0 Å². The summed E-state index contributed by atoms with van der Waals surface area (Å²) < 4.78 is 13.1. The van der Waals surface area contributed by atoms with Gasteiger partial charge >= 0.3 is 0 Å². The average Bonchev–Trinajstić information content (AvgIpc) is 1.92. The van der Waals surface area contributed by atoms with Crippen molar-refractivity contribution in [2.45, 2.75) is 33.1 Å². The molecule has 0 heterocycles. The van der Waals surface area contributed by atoms with Crippen LogP contribution in [-0.4, -0.2) is 0 Å². The van der Waals surface area contributed by atoms with E-state index in [9.17, 15) is 4.39 Å². The van der Waals surface area contributed by atoms with E-state index in [2.05, 4.69) is 20.8 Å². The molecule has 66 valence electrons. The minimum atomic E-state index is -0.109. The van der Waals surface area contributed by atoms with Gasteiger partial charge in [-0.05, 0) is 29.5 Å². The van der Waals surface area contributed by atoms with E-state index in [0.29, 0.717) is 0 Å². The second-order valence-corrected chi connectivity index (χ2v) is 4.16. The number of hydrogen-bond donors (Lipinski definition) is 0. The van der Waals surface area contributed by atoms with Crippen LogP contribution in [0.3, 0.4) is 0 Å². The van der Waals surface area contributed by atoms with Gasteiger partial charge in [-0.1, -0.05) is 32.9 Å². The van der Waals surface area contributed by atoms with E-state index in [1.807, 2.05) is 13.0 Å². The Balaban J connectivity index is 3.26. The average molecular weight is 166 g/mol. The smallest absolute Gasteiger partial charge is 0.126 e. The molecule has 0 fully saturated rings. The second-order valence-electron chi connectivity index (χ2n) is 4.16. The van der Waals surface area contributed by atoms with Gasteiger partial charge in [0.15, 0.2) is 0 Å². The molecule has 0 nitrogen and oxygen atoms in total. The molecule has 0 aliphatic rings. The number of halogens is 1. The topological polar surface area (TPSA) is 0 Å². The molecule has 0 bridgehead atoms. The normalized spacial score (nSPS) is 11.8. The van der Waals surface area contributed by atoms with Gasteiger partial charge in [0.25, 0.3) is 0 Å². The lowest BCUT2D eigenvalue weighted by molar-refractivity contribution is 0.563. The molecule has 0 aromatic heterocycles. The number of rotatable bonds is 0. The van der Waals surface area contributed by atoms with Crippen molar-refractivity contribution in [3.63, 3.8) is 0 Å². The fourth-order valence-corrected chi connectivity index (χ4v) is 1.42. The van der Waals surface area contributed by atoms with Crippen LogP contribution in [0.2, 0.25) is 0 Å². The zero-order chi connectivity index (χ0) is 9.35. The molecule has 0 saturated carbocycles. The molecule has 0 aliphatic carbocycles. The Labute approximate surface area is 73.4 Å². The summed E-state index contributed by atoms with van der Waals surface area (Å²) in [7, 11) is 0. The molecular weight excluding hydrogens is 151 g/mol. The van der Waals surface area contributed by atoms with Crippen LogP contribution in [0.15, 0.2) is 18.2 Å². The van der Waals surface area contributed by atoms with E-state index < -0.39 is 0 Å². The van der Waals surface area contributed by atoms with Crippen LogP contribution in [0.4, 0.5) is 4.39 Å². The molecule has 0 atom stereocenters. The minimum Gasteiger partial charge on any atom is -0.207 e. The highest BCUT2D eigenvalue weighted by Crippen LogP contribution is 2.26. The molecule has 0 saturated heterocycles. The van der Waals surface area contributed by atoms with Crippen molar-refractivity contribution in [3.8, 4) is 0 Å². The van der Waals surface area contributed by atoms with Gasteiger partial charge in [0.05, 0.1) is 0 Å². The van der Waals surface area contributed by atoms with Gasteiger partial charge in [0.1, 0.15) is 5.82 Å². The predicted molar refractivity (Wildman–Crippen MR) is 49.8 cm³/mol. The van der Waals surface area contributed by atoms with Crippen LogP contribution >= 0.6 is 0 Å². The summed E-state index contributed by atoms with van der Waals surface area (Å²) in [5, 5.41) is 0. The minimum absolute atomic E-state index is 0.0339. The van der Waals surface area contributed by atoms with E-state index in [4.69, 9.17) is 0 Å². The van der Waals surface area contributed by atoms with E-state index in [-0.39, 0.29) is 11.2 Å². The molecule has 0 amide bonds. The van der Waals surface area contributed by atoms with Crippen molar-refractivity contribution in [1.29, 1.82) is 0 Å². The monoisotopic (exact) mass is 166 g/mol. The Morgan fingerprint density at radius 1 is 1.17 bits per heavy atom. The summed E-state index contributed by atoms with van der Waals surface area (Å²) in [6, 6.07) is 5.26. The Morgan fingerprint density at radius 2 is 1.75 bits per heavy atom. The van der Waals surface area contributed by atoms with E-state index in [1.165, 1.54) is 6.07 Å². The fraction of sp³-hybridized carbons (Fsp3) is 0.455.